The van der Waals surface area contributed by atoms with E-state index in [0.29, 0.717) is 17.1 Å². The average Bonchev–Trinajstić information content (AvgIpc) is 3.53. The first-order valence-electron chi connectivity index (χ1n) is 9.24. The Balaban J connectivity index is 1.52. The summed E-state index contributed by atoms with van der Waals surface area (Å²) in [7, 11) is 0. The Bertz CT molecular complexity index is 1380. The van der Waals surface area contributed by atoms with E-state index in [0.717, 1.165) is 6.21 Å². The van der Waals surface area contributed by atoms with Crippen molar-refractivity contribution in [2.75, 3.05) is 12.5 Å². The van der Waals surface area contributed by atoms with E-state index in [1.807, 2.05) is 0 Å². The van der Waals surface area contributed by atoms with Gasteiger partial charge >= 0.3 is 0 Å². The van der Waals surface area contributed by atoms with Crippen molar-refractivity contribution in [2.24, 2.45) is 5.10 Å². The van der Waals surface area contributed by atoms with Gasteiger partial charge in [-0.25, -0.2) is 14.4 Å². The van der Waals surface area contributed by atoms with Gasteiger partial charge in [0.25, 0.3) is 5.91 Å². The molecule has 0 aliphatic carbocycles. The van der Waals surface area contributed by atoms with E-state index in [9.17, 15) is 9.18 Å². The number of hydrogen-bond acceptors (Lipinski definition) is 10. The van der Waals surface area contributed by atoms with Crippen LogP contribution < -0.4 is 20.6 Å². The molecule has 0 unspecified atom stereocenters. The molecular weight excluding hydrogens is 459 g/mol. The number of nitrogens with zero attached hydrogens (tertiary/aromatic N) is 6. The van der Waals surface area contributed by atoms with Gasteiger partial charge in [0.1, 0.15) is 11.5 Å². The van der Waals surface area contributed by atoms with Crippen molar-refractivity contribution >= 4 is 29.5 Å². The van der Waals surface area contributed by atoms with E-state index in [1.165, 1.54) is 22.9 Å². The van der Waals surface area contributed by atoms with E-state index in [2.05, 4.69) is 35.8 Å². The van der Waals surface area contributed by atoms with Crippen molar-refractivity contribution in [3.63, 3.8) is 0 Å². The predicted molar refractivity (Wildman–Crippen MR) is 112 cm³/mol. The summed E-state index contributed by atoms with van der Waals surface area (Å²) >= 11 is 5.96. The quantitative estimate of drug-likeness (QED) is 0.329. The van der Waals surface area contributed by atoms with Crippen LogP contribution in [0.1, 0.15) is 16.1 Å². The second kappa shape index (κ2) is 8.20. The number of hydrogen-bond donors (Lipinski definition) is 2. The molecule has 1 amide bonds. The number of nitrogen functional groups attached to an aromatic ring is 1. The maximum absolute atomic E-state index is 13.9. The number of rotatable bonds is 5. The number of amides is 1. The van der Waals surface area contributed by atoms with Crippen LogP contribution in [-0.4, -0.2) is 44.2 Å². The van der Waals surface area contributed by atoms with E-state index in [1.54, 1.807) is 18.2 Å². The molecule has 14 heteroatoms. The van der Waals surface area contributed by atoms with Gasteiger partial charge in [-0.3, -0.25) is 4.79 Å². The molecule has 1 aliphatic rings. The summed E-state index contributed by atoms with van der Waals surface area (Å²) in [5, 5.41) is 19.1. The van der Waals surface area contributed by atoms with E-state index in [4.69, 9.17) is 26.8 Å². The molecule has 3 heterocycles. The lowest BCUT2D eigenvalue weighted by atomic mass is 10.1. The van der Waals surface area contributed by atoms with Gasteiger partial charge in [-0.1, -0.05) is 22.9 Å². The Hall–Kier alpha value is -4.52. The lowest BCUT2D eigenvalue weighted by Gasteiger charge is -2.07. The zero-order valence-corrected chi connectivity index (χ0v) is 17.2. The van der Waals surface area contributed by atoms with Gasteiger partial charge in [-0.05, 0) is 40.6 Å². The van der Waals surface area contributed by atoms with Crippen LogP contribution in [0.3, 0.4) is 0 Å². The molecule has 4 aromatic rings. The lowest BCUT2D eigenvalue weighted by molar-refractivity contribution is 0.0950. The molecule has 2 aromatic carbocycles. The summed E-state index contributed by atoms with van der Waals surface area (Å²) in [4.78, 5) is 12.9. The average molecular weight is 471 g/mol. The molecule has 2 aromatic heterocycles. The number of benzene rings is 2. The minimum Gasteiger partial charge on any atom is -0.454 e. The lowest BCUT2D eigenvalue weighted by Crippen LogP contribution is -2.19. The normalized spacial score (nSPS) is 12.4. The van der Waals surface area contributed by atoms with Crippen molar-refractivity contribution in [2.45, 2.75) is 0 Å². The number of carbonyl (C=O) groups is 1. The fourth-order valence-electron chi connectivity index (χ4n) is 3.07. The van der Waals surface area contributed by atoms with Crippen molar-refractivity contribution in [3.05, 3.63) is 58.5 Å². The summed E-state index contributed by atoms with van der Waals surface area (Å²) in [5.41, 5.74) is 8.64. The third-order valence-corrected chi connectivity index (χ3v) is 4.92. The van der Waals surface area contributed by atoms with Gasteiger partial charge in [-0.2, -0.15) is 9.78 Å². The van der Waals surface area contributed by atoms with Crippen LogP contribution in [0.25, 0.3) is 17.1 Å². The second-order valence-corrected chi connectivity index (χ2v) is 6.98. The molecule has 166 valence electrons. The molecule has 0 fully saturated rings. The number of carbonyl (C=O) groups excluding carboxylic acids is 1. The Kier molecular flexibility index (Phi) is 5.06. The standard InChI is InChI=1S/C19H12ClFN8O4/c20-11-2-1-3-12(21)10(11)7-23-25-19(30)15-16(9-4-5-13-14(6-9)32-8-31-13)29(28-24-15)18-17(22)26-33-27-18/h1-7H,8H2,(H2,22,26)(H,25,30). The van der Waals surface area contributed by atoms with Crippen molar-refractivity contribution in [1.29, 1.82) is 0 Å². The Morgan fingerprint density at radius 1 is 1.24 bits per heavy atom. The van der Waals surface area contributed by atoms with E-state index >= 15 is 0 Å². The molecule has 0 saturated heterocycles. The number of fused-ring (bicyclic) bond motifs is 1. The molecule has 0 atom stereocenters. The number of aromatic nitrogens is 5. The number of anilines is 1. The number of hydrazone groups is 1. The highest BCUT2D eigenvalue weighted by atomic mass is 35.5. The summed E-state index contributed by atoms with van der Waals surface area (Å²) < 4.78 is 30.5. The second-order valence-electron chi connectivity index (χ2n) is 6.57. The molecule has 1 aliphatic heterocycles. The largest absolute Gasteiger partial charge is 0.454 e. The third-order valence-electron chi connectivity index (χ3n) is 4.59. The number of halogens is 2. The van der Waals surface area contributed by atoms with E-state index in [-0.39, 0.29) is 40.4 Å². The Labute approximate surface area is 188 Å². The maximum atomic E-state index is 13.9. The van der Waals surface area contributed by atoms with Gasteiger partial charge in [0.05, 0.1) is 11.2 Å². The number of nitrogens with one attached hydrogen (secondary N) is 1. The zero-order chi connectivity index (χ0) is 22.9. The summed E-state index contributed by atoms with van der Waals surface area (Å²) in [6.07, 6.45) is 1.08. The van der Waals surface area contributed by atoms with Crippen LogP contribution in [0.15, 0.2) is 46.1 Å². The molecule has 3 N–H and O–H groups in total. The molecule has 0 radical (unpaired) electrons. The number of ether oxygens (including phenoxy) is 2. The molecule has 0 bridgehead atoms. The first-order chi connectivity index (χ1) is 16.0. The number of nitrogens with two attached hydrogens (primary N) is 1. The van der Waals surface area contributed by atoms with Crippen LogP contribution in [0.5, 0.6) is 11.5 Å². The van der Waals surface area contributed by atoms with Crippen molar-refractivity contribution in [3.8, 4) is 28.6 Å². The smallest absolute Gasteiger partial charge is 0.294 e. The van der Waals surface area contributed by atoms with E-state index < -0.39 is 11.7 Å². The van der Waals surface area contributed by atoms with Crippen LogP contribution in [0.4, 0.5) is 10.2 Å². The maximum Gasteiger partial charge on any atom is 0.294 e. The molecule has 0 spiro atoms. The fraction of sp³-hybridized carbons (Fsp3) is 0.0526. The zero-order valence-electron chi connectivity index (χ0n) is 16.4. The summed E-state index contributed by atoms with van der Waals surface area (Å²) in [5.74, 6) is -0.381. The predicted octanol–water partition coefficient (Wildman–Crippen LogP) is 2.18. The van der Waals surface area contributed by atoms with Crippen molar-refractivity contribution in [1.82, 2.24) is 30.7 Å². The highest BCUT2D eigenvalue weighted by Gasteiger charge is 2.26. The van der Waals surface area contributed by atoms with Gasteiger partial charge < -0.3 is 15.2 Å². The van der Waals surface area contributed by atoms with Crippen LogP contribution in [-0.2, 0) is 0 Å². The highest BCUT2D eigenvalue weighted by molar-refractivity contribution is 6.33. The van der Waals surface area contributed by atoms with Crippen LogP contribution in [0, 0.1) is 5.82 Å². The molecular formula is C19H12ClFN8O4. The molecule has 0 saturated carbocycles. The Morgan fingerprint density at radius 3 is 2.88 bits per heavy atom. The molecule has 5 rings (SSSR count). The molecule has 33 heavy (non-hydrogen) atoms. The highest BCUT2D eigenvalue weighted by Crippen LogP contribution is 2.37. The van der Waals surface area contributed by atoms with Crippen LogP contribution in [0.2, 0.25) is 5.02 Å². The van der Waals surface area contributed by atoms with Crippen LogP contribution >= 0.6 is 11.6 Å². The summed E-state index contributed by atoms with van der Waals surface area (Å²) in [6, 6.07) is 9.14. The topological polar surface area (TPSA) is 156 Å². The third kappa shape index (κ3) is 3.70. The monoisotopic (exact) mass is 470 g/mol. The fourth-order valence-corrected chi connectivity index (χ4v) is 3.28. The van der Waals surface area contributed by atoms with Gasteiger partial charge in [0, 0.05) is 11.1 Å². The minimum atomic E-state index is -0.743. The Morgan fingerprint density at radius 2 is 2.09 bits per heavy atom. The van der Waals surface area contributed by atoms with Gasteiger partial charge in [0.15, 0.2) is 17.2 Å². The first-order valence-corrected chi connectivity index (χ1v) is 9.62. The first kappa shape index (κ1) is 20.4. The summed E-state index contributed by atoms with van der Waals surface area (Å²) in [6.45, 7) is 0.0666. The SMILES string of the molecule is Nc1nonc1-n1nnc(C(=O)NN=Cc2c(F)cccc2Cl)c1-c1ccc2c(c1)OCO2. The van der Waals surface area contributed by atoms with Gasteiger partial charge in [0.2, 0.25) is 18.4 Å². The van der Waals surface area contributed by atoms with Gasteiger partial charge in [-0.15, -0.1) is 5.10 Å². The van der Waals surface area contributed by atoms with Crippen molar-refractivity contribution < 1.29 is 23.3 Å². The minimum absolute atomic E-state index is 0.0144. The molecule has 12 nitrogen and oxygen atoms in total.